The van der Waals surface area contributed by atoms with E-state index in [2.05, 4.69) is 41.7 Å². The van der Waals surface area contributed by atoms with E-state index in [0.717, 1.165) is 33.2 Å². The number of amides is 1. The van der Waals surface area contributed by atoms with E-state index >= 15 is 0 Å². The number of hydrogen-bond donors (Lipinski definition) is 1. The van der Waals surface area contributed by atoms with Gasteiger partial charge in [-0.15, -0.1) is 0 Å². The predicted molar refractivity (Wildman–Crippen MR) is 125 cm³/mol. The van der Waals surface area contributed by atoms with Gasteiger partial charge in [-0.25, -0.2) is 5.43 Å². The highest BCUT2D eigenvalue weighted by Gasteiger charge is 2.06. The Balaban J connectivity index is 1.29. The van der Waals surface area contributed by atoms with Gasteiger partial charge in [0.15, 0.2) is 0 Å². The molecule has 0 aliphatic carbocycles. The number of hydrogen-bond acceptors (Lipinski definition) is 3. The van der Waals surface area contributed by atoms with Crippen LogP contribution in [0.25, 0.3) is 10.8 Å². The molecule has 0 saturated carbocycles. The van der Waals surface area contributed by atoms with Crippen LogP contribution in [0.1, 0.15) is 22.3 Å². The Morgan fingerprint density at radius 3 is 2.45 bits per heavy atom. The molecule has 154 valence electrons. The first-order valence-electron chi connectivity index (χ1n) is 10.2. The third-order valence-corrected chi connectivity index (χ3v) is 5.04. The van der Waals surface area contributed by atoms with E-state index in [1.54, 1.807) is 6.21 Å². The van der Waals surface area contributed by atoms with Crippen molar-refractivity contribution in [2.75, 3.05) is 0 Å². The lowest BCUT2D eigenvalue weighted by atomic mass is 10.0. The first-order chi connectivity index (χ1) is 15.2. The lowest BCUT2D eigenvalue weighted by molar-refractivity contribution is -0.120. The lowest BCUT2D eigenvalue weighted by Gasteiger charge is -2.07. The SMILES string of the molecule is Cc1ccc(COc2ccc(/C=N/NC(=O)Cc3cccc4ccccc34)cc2)cc1. The fraction of sp³-hybridized carbons (Fsp3) is 0.111. The van der Waals surface area contributed by atoms with Crippen molar-refractivity contribution >= 4 is 22.9 Å². The van der Waals surface area contributed by atoms with Gasteiger partial charge in [0.05, 0.1) is 12.6 Å². The minimum Gasteiger partial charge on any atom is -0.489 e. The van der Waals surface area contributed by atoms with Gasteiger partial charge in [0.1, 0.15) is 12.4 Å². The molecule has 1 amide bonds. The summed E-state index contributed by atoms with van der Waals surface area (Å²) in [6.45, 7) is 2.59. The average molecular weight is 409 g/mol. The van der Waals surface area contributed by atoms with Gasteiger partial charge in [0.2, 0.25) is 5.91 Å². The van der Waals surface area contributed by atoms with Crippen molar-refractivity contribution in [1.29, 1.82) is 0 Å². The number of carbonyl (C=O) groups excluding carboxylic acids is 1. The van der Waals surface area contributed by atoms with Gasteiger partial charge in [-0.2, -0.15) is 5.10 Å². The average Bonchev–Trinajstić information content (AvgIpc) is 2.80. The number of ether oxygens (including phenoxy) is 1. The van der Waals surface area contributed by atoms with E-state index in [1.165, 1.54) is 5.56 Å². The number of carbonyl (C=O) groups is 1. The molecule has 0 aliphatic rings. The number of nitrogens with one attached hydrogen (secondary N) is 1. The van der Waals surface area contributed by atoms with Gasteiger partial charge in [0.25, 0.3) is 0 Å². The maximum Gasteiger partial charge on any atom is 0.244 e. The molecule has 0 heterocycles. The Kier molecular flexibility index (Phi) is 6.38. The van der Waals surface area contributed by atoms with Crippen molar-refractivity contribution in [1.82, 2.24) is 5.43 Å². The predicted octanol–water partition coefficient (Wildman–Crippen LogP) is 5.42. The van der Waals surface area contributed by atoms with Crippen LogP contribution >= 0.6 is 0 Å². The molecular formula is C27H24N2O2. The van der Waals surface area contributed by atoms with Crippen molar-refractivity contribution in [3.05, 3.63) is 113 Å². The van der Waals surface area contributed by atoms with Gasteiger partial charge in [0, 0.05) is 0 Å². The van der Waals surface area contributed by atoms with E-state index < -0.39 is 0 Å². The molecule has 1 N–H and O–H groups in total. The maximum absolute atomic E-state index is 12.3. The summed E-state index contributed by atoms with van der Waals surface area (Å²) >= 11 is 0. The van der Waals surface area contributed by atoms with Crippen LogP contribution in [0.3, 0.4) is 0 Å². The quantitative estimate of drug-likeness (QED) is 0.328. The molecule has 0 saturated heterocycles. The fourth-order valence-electron chi connectivity index (χ4n) is 3.34. The van der Waals surface area contributed by atoms with Crippen molar-refractivity contribution < 1.29 is 9.53 Å². The molecule has 0 radical (unpaired) electrons. The fourth-order valence-corrected chi connectivity index (χ4v) is 3.34. The van der Waals surface area contributed by atoms with Crippen LogP contribution in [0.5, 0.6) is 5.75 Å². The van der Waals surface area contributed by atoms with Crippen molar-refractivity contribution in [3.8, 4) is 5.75 Å². The van der Waals surface area contributed by atoms with Gasteiger partial charge < -0.3 is 4.74 Å². The molecule has 4 aromatic rings. The summed E-state index contributed by atoms with van der Waals surface area (Å²) in [4.78, 5) is 12.3. The zero-order valence-electron chi connectivity index (χ0n) is 17.4. The lowest BCUT2D eigenvalue weighted by Crippen LogP contribution is -2.19. The zero-order chi connectivity index (χ0) is 21.5. The summed E-state index contributed by atoms with van der Waals surface area (Å²) < 4.78 is 5.82. The van der Waals surface area contributed by atoms with Crippen molar-refractivity contribution in [2.45, 2.75) is 20.0 Å². The first-order valence-corrected chi connectivity index (χ1v) is 10.2. The molecule has 0 fully saturated rings. The maximum atomic E-state index is 12.3. The van der Waals surface area contributed by atoms with Crippen molar-refractivity contribution in [3.63, 3.8) is 0 Å². The molecule has 4 nitrogen and oxygen atoms in total. The summed E-state index contributed by atoms with van der Waals surface area (Å²) in [5.74, 6) is 0.642. The van der Waals surface area contributed by atoms with Crippen LogP contribution in [0.4, 0.5) is 0 Å². The van der Waals surface area contributed by atoms with Gasteiger partial charge in [-0.05, 0) is 58.7 Å². The largest absolute Gasteiger partial charge is 0.489 e. The van der Waals surface area contributed by atoms with Gasteiger partial charge >= 0.3 is 0 Å². The normalized spacial score (nSPS) is 11.0. The molecule has 0 atom stereocenters. The first kappa shape index (κ1) is 20.4. The highest BCUT2D eigenvalue weighted by atomic mass is 16.5. The van der Waals surface area contributed by atoms with E-state index in [4.69, 9.17) is 4.74 Å². The molecule has 4 aromatic carbocycles. The van der Waals surface area contributed by atoms with E-state index in [0.29, 0.717) is 6.61 Å². The topological polar surface area (TPSA) is 50.7 Å². The molecule has 0 spiro atoms. The summed E-state index contributed by atoms with van der Waals surface area (Å²) in [6.07, 6.45) is 1.91. The van der Waals surface area contributed by atoms with Crippen LogP contribution in [-0.2, 0) is 17.8 Å². The molecule has 4 rings (SSSR count). The van der Waals surface area contributed by atoms with E-state index in [-0.39, 0.29) is 12.3 Å². The summed E-state index contributed by atoms with van der Waals surface area (Å²) in [5.41, 5.74) is 6.84. The van der Waals surface area contributed by atoms with Crippen LogP contribution in [0.2, 0.25) is 0 Å². The Morgan fingerprint density at radius 2 is 1.65 bits per heavy atom. The number of nitrogens with zero attached hydrogens (tertiary/aromatic N) is 1. The minimum absolute atomic E-state index is 0.148. The van der Waals surface area contributed by atoms with Crippen LogP contribution in [-0.4, -0.2) is 12.1 Å². The Hall–Kier alpha value is -3.92. The number of aryl methyl sites for hydroxylation is 1. The second-order valence-corrected chi connectivity index (χ2v) is 7.45. The molecule has 0 aliphatic heterocycles. The molecule has 0 unspecified atom stereocenters. The van der Waals surface area contributed by atoms with Gasteiger partial charge in [-0.1, -0.05) is 72.3 Å². The van der Waals surface area contributed by atoms with Crippen molar-refractivity contribution in [2.24, 2.45) is 5.10 Å². The number of hydrazone groups is 1. The Bertz CT molecular complexity index is 1190. The van der Waals surface area contributed by atoms with Gasteiger partial charge in [-0.3, -0.25) is 4.79 Å². The molecular weight excluding hydrogens is 384 g/mol. The van der Waals surface area contributed by atoms with Crippen LogP contribution < -0.4 is 10.2 Å². The zero-order valence-corrected chi connectivity index (χ0v) is 17.4. The second-order valence-electron chi connectivity index (χ2n) is 7.45. The highest BCUT2D eigenvalue weighted by molar-refractivity contribution is 5.90. The standard InChI is InChI=1S/C27H24N2O2/c1-20-9-11-22(12-10-20)19-31-25-15-13-21(14-16-25)18-28-29-27(30)17-24-7-4-6-23-5-2-3-8-26(23)24/h2-16,18H,17,19H2,1H3,(H,29,30)/b28-18+. The third kappa shape index (κ3) is 5.58. The summed E-state index contributed by atoms with van der Waals surface area (Å²) in [7, 11) is 0. The molecule has 4 heteroatoms. The highest BCUT2D eigenvalue weighted by Crippen LogP contribution is 2.19. The summed E-state index contributed by atoms with van der Waals surface area (Å²) in [5, 5.41) is 6.30. The van der Waals surface area contributed by atoms with E-state index in [9.17, 15) is 4.79 Å². The molecule has 0 bridgehead atoms. The smallest absolute Gasteiger partial charge is 0.244 e. The Labute approximate surface area is 182 Å². The monoisotopic (exact) mass is 408 g/mol. The second kappa shape index (κ2) is 9.72. The summed E-state index contributed by atoms with van der Waals surface area (Å²) in [6, 6.07) is 29.9. The third-order valence-electron chi connectivity index (χ3n) is 5.04. The Morgan fingerprint density at radius 1 is 0.903 bits per heavy atom. The molecule has 0 aromatic heterocycles. The molecule has 31 heavy (non-hydrogen) atoms. The number of rotatable bonds is 7. The van der Waals surface area contributed by atoms with Crippen LogP contribution in [0, 0.1) is 6.92 Å². The van der Waals surface area contributed by atoms with Crippen LogP contribution in [0.15, 0.2) is 96.1 Å². The number of benzene rings is 4. The minimum atomic E-state index is -0.148. The van der Waals surface area contributed by atoms with E-state index in [1.807, 2.05) is 66.7 Å². The number of fused-ring (bicyclic) bond motifs is 1.